The van der Waals surface area contributed by atoms with Crippen molar-refractivity contribution < 1.29 is 39.6 Å². The van der Waals surface area contributed by atoms with Gasteiger partial charge in [-0.1, -0.05) is 12.2 Å². The van der Waals surface area contributed by atoms with Gasteiger partial charge in [-0.05, 0) is 12.8 Å². The SMILES string of the molecule is O=C(O)/C=C/C(=O)O.O=C(O)C1C=CCCC1C(=O)O. The highest BCUT2D eigenvalue weighted by atomic mass is 16.4. The molecule has 1 aliphatic rings. The van der Waals surface area contributed by atoms with Gasteiger partial charge in [-0.25, -0.2) is 9.59 Å². The Morgan fingerprint density at radius 2 is 1.40 bits per heavy atom. The van der Waals surface area contributed by atoms with Crippen LogP contribution in [0.3, 0.4) is 0 Å². The van der Waals surface area contributed by atoms with Crippen molar-refractivity contribution in [3.05, 3.63) is 24.3 Å². The number of carboxylic acids is 4. The molecule has 4 N–H and O–H groups in total. The first kappa shape index (κ1) is 17.4. The van der Waals surface area contributed by atoms with E-state index < -0.39 is 35.7 Å². The Morgan fingerprint density at radius 3 is 1.70 bits per heavy atom. The molecule has 0 aromatic carbocycles. The van der Waals surface area contributed by atoms with Crippen LogP contribution in [-0.2, 0) is 19.2 Å². The Hall–Kier alpha value is -2.64. The van der Waals surface area contributed by atoms with Crippen LogP contribution in [0.5, 0.6) is 0 Å². The van der Waals surface area contributed by atoms with Crippen LogP contribution in [-0.4, -0.2) is 44.3 Å². The van der Waals surface area contributed by atoms with E-state index in [1.54, 1.807) is 6.08 Å². The molecule has 2 atom stereocenters. The van der Waals surface area contributed by atoms with E-state index >= 15 is 0 Å². The quantitative estimate of drug-likeness (QED) is 0.429. The Bertz CT molecular complexity index is 432. The summed E-state index contributed by atoms with van der Waals surface area (Å²) >= 11 is 0. The minimum absolute atomic E-state index is 0.419. The van der Waals surface area contributed by atoms with Gasteiger partial charge in [-0.15, -0.1) is 0 Å². The molecular formula is C12H14O8. The zero-order chi connectivity index (χ0) is 15.7. The second kappa shape index (κ2) is 8.46. The van der Waals surface area contributed by atoms with E-state index in [4.69, 9.17) is 20.4 Å². The molecule has 2 unspecified atom stereocenters. The molecule has 0 amide bonds. The Morgan fingerprint density at radius 1 is 0.900 bits per heavy atom. The molecule has 0 aliphatic heterocycles. The molecule has 0 heterocycles. The first-order chi connectivity index (χ1) is 9.25. The highest BCUT2D eigenvalue weighted by molar-refractivity contribution is 5.89. The molecule has 0 fully saturated rings. The van der Waals surface area contributed by atoms with E-state index in [0.717, 1.165) is 0 Å². The monoisotopic (exact) mass is 286 g/mol. The number of allylic oxidation sites excluding steroid dienone is 1. The van der Waals surface area contributed by atoms with Crippen molar-refractivity contribution in [1.29, 1.82) is 0 Å². The van der Waals surface area contributed by atoms with Crippen LogP contribution in [0.15, 0.2) is 24.3 Å². The van der Waals surface area contributed by atoms with Crippen LogP contribution in [0.1, 0.15) is 12.8 Å². The topological polar surface area (TPSA) is 149 Å². The molecular weight excluding hydrogens is 272 g/mol. The molecule has 0 bridgehead atoms. The largest absolute Gasteiger partial charge is 0.481 e. The Labute approximate surface area is 113 Å². The predicted octanol–water partition coefficient (Wildman–Crippen LogP) is 0.450. The second-order valence-electron chi connectivity index (χ2n) is 3.82. The maximum atomic E-state index is 10.6. The van der Waals surface area contributed by atoms with E-state index in [-0.39, 0.29) is 0 Å². The second-order valence-corrected chi connectivity index (χ2v) is 3.82. The third kappa shape index (κ3) is 6.94. The zero-order valence-corrected chi connectivity index (χ0v) is 10.3. The molecule has 0 saturated carbocycles. The van der Waals surface area contributed by atoms with Crippen molar-refractivity contribution in [2.45, 2.75) is 12.8 Å². The summed E-state index contributed by atoms with van der Waals surface area (Å²) in [7, 11) is 0. The summed E-state index contributed by atoms with van der Waals surface area (Å²) in [6.45, 7) is 0. The average molecular weight is 286 g/mol. The van der Waals surface area contributed by atoms with Crippen LogP contribution in [0.4, 0.5) is 0 Å². The summed E-state index contributed by atoms with van der Waals surface area (Å²) in [5.74, 6) is -6.20. The Balaban J connectivity index is 0.000000396. The van der Waals surface area contributed by atoms with E-state index in [9.17, 15) is 19.2 Å². The molecule has 0 radical (unpaired) electrons. The Kier molecular flexibility index (Phi) is 7.34. The van der Waals surface area contributed by atoms with Crippen molar-refractivity contribution >= 4 is 23.9 Å². The van der Waals surface area contributed by atoms with Crippen LogP contribution >= 0.6 is 0 Å². The normalized spacial score (nSPS) is 20.8. The predicted molar refractivity (Wildman–Crippen MR) is 65.0 cm³/mol. The number of rotatable bonds is 4. The van der Waals surface area contributed by atoms with Crippen molar-refractivity contribution in [3.63, 3.8) is 0 Å². The van der Waals surface area contributed by atoms with Gasteiger partial charge in [-0.3, -0.25) is 9.59 Å². The van der Waals surface area contributed by atoms with Crippen LogP contribution in [0.25, 0.3) is 0 Å². The van der Waals surface area contributed by atoms with E-state index in [0.29, 0.717) is 25.0 Å². The smallest absolute Gasteiger partial charge is 0.328 e. The average Bonchev–Trinajstić information content (AvgIpc) is 2.37. The fourth-order valence-electron chi connectivity index (χ4n) is 1.51. The number of carbonyl (C=O) groups is 4. The van der Waals surface area contributed by atoms with E-state index in [2.05, 4.69) is 0 Å². The summed E-state index contributed by atoms with van der Waals surface area (Å²) in [4.78, 5) is 40.2. The highest BCUT2D eigenvalue weighted by Gasteiger charge is 2.32. The molecule has 20 heavy (non-hydrogen) atoms. The van der Waals surface area contributed by atoms with E-state index in [1.165, 1.54) is 6.08 Å². The van der Waals surface area contributed by atoms with Gasteiger partial charge in [0.1, 0.15) is 0 Å². The van der Waals surface area contributed by atoms with E-state index in [1.807, 2.05) is 0 Å². The lowest BCUT2D eigenvalue weighted by Crippen LogP contribution is -2.30. The fraction of sp³-hybridized carbons (Fsp3) is 0.333. The number of carboxylic acid groups (broad SMARTS) is 4. The first-order valence-electron chi connectivity index (χ1n) is 5.52. The molecule has 0 aromatic heterocycles. The fourth-order valence-corrected chi connectivity index (χ4v) is 1.51. The minimum Gasteiger partial charge on any atom is -0.481 e. The maximum Gasteiger partial charge on any atom is 0.328 e. The molecule has 110 valence electrons. The van der Waals surface area contributed by atoms with Crippen LogP contribution in [0, 0.1) is 11.8 Å². The summed E-state index contributed by atoms with van der Waals surface area (Å²) in [6.07, 6.45) is 5.37. The molecule has 8 heteroatoms. The van der Waals surface area contributed by atoms with Gasteiger partial charge in [0.15, 0.2) is 0 Å². The lowest BCUT2D eigenvalue weighted by atomic mass is 9.84. The lowest BCUT2D eigenvalue weighted by molar-refractivity contribution is -0.152. The maximum absolute atomic E-state index is 10.6. The van der Waals surface area contributed by atoms with Crippen molar-refractivity contribution in [3.8, 4) is 0 Å². The van der Waals surface area contributed by atoms with Gasteiger partial charge >= 0.3 is 23.9 Å². The number of aliphatic carboxylic acids is 4. The molecule has 0 aromatic rings. The highest BCUT2D eigenvalue weighted by Crippen LogP contribution is 2.24. The summed E-state index contributed by atoms with van der Waals surface area (Å²) in [5.41, 5.74) is 0. The number of hydrogen-bond donors (Lipinski definition) is 4. The van der Waals surface area contributed by atoms with Crippen molar-refractivity contribution in [1.82, 2.24) is 0 Å². The van der Waals surface area contributed by atoms with Gasteiger partial charge in [0.05, 0.1) is 11.8 Å². The van der Waals surface area contributed by atoms with Gasteiger partial charge in [0.25, 0.3) is 0 Å². The summed E-state index contributed by atoms with van der Waals surface area (Å²) < 4.78 is 0. The molecule has 0 saturated heterocycles. The van der Waals surface area contributed by atoms with Crippen LogP contribution < -0.4 is 0 Å². The third-order valence-electron chi connectivity index (χ3n) is 2.39. The molecule has 1 aliphatic carbocycles. The van der Waals surface area contributed by atoms with Crippen molar-refractivity contribution in [2.24, 2.45) is 11.8 Å². The number of hydrogen-bond acceptors (Lipinski definition) is 4. The molecule has 8 nitrogen and oxygen atoms in total. The van der Waals surface area contributed by atoms with Crippen LogP contribution in [0.2, 0.25) is 0 Å². The van der Waals surface area contributed by atoms with Gasteiger partial charge < -0.3 is 20.4 Å². The van der Waals surface area contributed by atoms with Crippen molar-refractivity contribution in [2.75, 3.05) is 0 Å². The lowest BCUT2D eigenvalue weighted by Gasteiger charge is -2.19. The standard InChI is InChI=1S/C8H10O4.C4H4O4/c9-7(10)5-3-1-2-4-6(5)8(11)12;5-3(6)1-2-4(7)8/h1,3,5-6H,2,4H2,(H,9,10)(H,11,12);1-2H,(H,5,6)(H,7,8)/b;2-1+. The van der Waals surface area contributed by atoms with Gasteiger partial charge in [0, 0.05) is 12.2 Å². The molecule has 0 spiro atoms. The summed E-state index contributed by atoms with van der Waals surface area (Å²) in [6, 6.07) is 0. The first-order valence-corrected chi connectivity index (χ1v) is 5.52. The van der Waals surface area contributed by atoms with Gasteiger partial charge in [0.2, 0.25) is 0 Å². The third-order valence-corrected chi connectivity index (χ3v) is 2.39. The zero-order valence-electron chi connectivity index (χ0n) is 10.3. The molecule has 1 rings (SSSR count). The summed E-state index contributed by atoms with van der Waals surface area (Å²) in [5, 5.41) is 32.9. The minimum atomic E-state index is -1.26. The van der Waals surface area contributed by atoms with Gasteiger partial charge in [-0.2, -0.15) is 0 Å².